The summed E-state index contributed by atoms with van der Waals surface area (Å²) in [5.41, 5.74) is 5.65. The third-order valence-corrected chi connectivity index (χ3v) is 7.41. The first kappa shape index (κ1) is 20.5. The summed E-state index contributed by atoms with van der Waals surface area (Å²) in [5.74, 6) is 0.702. The highest BCUT2D eigenvalue weighted by Crippen LogP contribution is 2.41. The van der Waals surface area contributed by atoms with Gasteiger partial charge in [-0.2, -0.15) is 0 Å². The Morgan fingerprint density at radius 2 is 1.55 bits per heavy atom. The van der Waals surface area contributed by atoms with E-state index in [1.165, 1.54) is 54.6 Å². The van der Waals surface area contributed by atoms with Gasteiger partial charge in [0.05, 0.1) is 13.2 Å². The molecule has 2 aliphatic heterocycles. The summed E-state index contributed by atoms with van der Waals surface area (Å²) >= 11 is 0. The molecule has 0 aliphatic carbocycles. The van der Waals surface area contributed by atoms with Crippen LogP contribution in [0.3, 0.4) is 0 Å². The van der Waals surface area contributed by atoms with Crippen LogP contribution >= 0.6 is 0 Å². The molecule has 2 atom stereocenters. The van der Waals surface area contributed by atoms with Crippen molar-refractivity contribution < 1.29 is 4.74 Å². The Labute approximate surface area is 186 Å². The van der Waals surface area contributed by atoms with Crippen LogP contribution in [0, 0.1) is 0 Å². The minimum Gasteiger partial charge on any atom is -0.375 e. The Morgan fingerprint density at radius 3 is 2.39 bits per heavy atom. The standard InChI is InChI=1S/C29H33NO/c1-3-10-24(11-4-1)25-13-9-19-30(20-17-25)21-18-29(27-14-5-2-6-15-27)23-31-22-26-12-7-8-16-28(26)29/h1-8,10-12,14-16,25H,9,13,17-23H2. The molecule has 2 unspecified atom stereocenters. The average Bonchev–Trinajstić information content (AvgIpc) is 3.10. The van der Waals surface area contributed by atoms with E-state index in [-0.39, 0.29) is 5.41 Å². The number of hydrogen-bond acceptors (Lipinski definition) is 2. The lowest BCUT2D eigenvalue weighted by atomic mass is 9.70. The van der Waals surface area contributed by atoms with E-state index in [2.05, 4.69) is 89.8 Å². The quantitative estimate of drug-likeness (QED) is 0.498. The third-order valence-electron chi connectivity index (χ3n) is 7.41. The highest BCUT2D eigenvalue weighted by molar-refractivity contribution is 5.45. The molecule has 1 fully saturated rings. The fraction of sp³-hybridized carbons (Fsp3) is 0.379. The maximum Gasteiger partial charge on any atom is 0.0720 e. The molecular formula is C29H33NO. The topological polar surface area (TPSA) is 12.5 Å². The lowest BCUT2D eigenvalue weighted by Crippen LogP contribution is -2.41. The van der Waals surface area contributed by atoms with Crippen molar-refractivity contribution in [3.05, 3.63) is 107 Å². The van der Waals surface area contributed by atoms with Crippen molar-refractivity contribution >= 4 is 0 Å². The van der Waals surface area contributed by atoms with Crippen molar-refractivity contribution in [3.63, 3.8) is 0 Å². The van der Waals surface area contributed by atoms with E-state index in [0.29, 0.717) is 5.92 Å². The molecule has 2 aliphatic rings. The summed E-state index contributed by atoms with van der Waals surface area (Å²) in [6, 6.07) is 31.0. The van der Waals surface area contributed by atoms with Gasteiger partial charge in [0.2, 0.25) is 0 Å². The lowest BCUT2D eigenvalue weighted by molar-refractivity contribution is 0.0576. The zero-order chi connectivity index (χ0) is 20.9. The van der Waals surface area contributed by atoms with E-state index >= 15 is 0 Å². The number of ether oxygens (including phenoxy) is 1. The second-order valence-electron chi connectivity index (χ2n) is 9.23. The van der Waals surface area contributed by atoms with Crippen LogP contribution in [-0.4, -0.2) is 31.1 Å². The van der Waals surface area contributed by atoms with E-state index in [0.717, 1.165) is 26.2 Å². The predicted molar refractivity (Wildman–Crippen MR) is 127 cm³/mol. The highest BCUT2D eigenvalue weighted by Gasteiger charge is 2.39. The van der Waals surface area contributed by atoms with Crippen LogP contribution in [0.4, 0.5) is 0 Å². The van der Waals surface area contributed by atoms with Crippen LogP contribution in [0.1, 0.15) is 53.9 Å². The fourth-order valence-electron chi connectivity index (χ4n) is 5.66. The van der Waals surface area contributed by atoms with Gasteiger partial charge in [0.25, 0.3) is 0 Å². The molecule has 3 aromatic carbocycles. The number of likely N-dealkylation sites (tertiary alicyclic amines) is 1. The van der Waals surface area contributed by atoms with E-state index in [1.54, 1.807) is 0 Å². The van der Waals surface area contributed by atoms with Crippen molar-refractivity contribution in [2.24, 2.45) is 0 Å². The Bertz CT molecular complexity index is 970. The molecule has 0 amide bonds. The molecule has 0 saturated carbocycles. The molecule has 0 aromatic heterocycles. The minimum absolute atomic E-state index is 0.0543. The first-order chi connectivity index (χ1) is 15.4. The van der Waals surface area contributed by atoms with Gasteiger partial charge in [-0.05, 0) is 73.5 Å². The molecule has 0 radical (unpaired) electrons. The molecule has 2 nitrogen and oxygen atoms in total. The van der Waals surface area contributed by atoms with Gasteiger partial charge in [-0.1, -0.05) is 84.9 Å². The van der Waals surface area contributed by atoms with Crippen molar-refractivity contribution in [1.82, 2.24) is 4.90 Å². The number of hydrogen-bond donors (Lipinski definition) is 0. The van der Waals surface area contributed by atoms with E-state index in [9.17, 15) is 0 Å². The van der Waals surface area contributed by atoms with Gasteiger partial charge in [-0.15, -0.1) is 0 Å². The molecule has 2 heteroatoms. The Morgan fingerprint density at radius 1 is 0.806 bits per heavy atom. The molecule has 0 bridgehead atoms. The molecule has 160 valence electrons. The van der Waals surface area contributed by atoms with Crippen molar-refractivity contribution in [3.8, 4) is 0 Å². The highest BCUT2D eigenvalue weighted by atomic mass is 16.5. The average molecular weight is 412 g/mol. The zero-order valence-electron chi connectivity index (χ0n) is 18.4. The number of fused-ring (bicyclic) bond motifs is 1. The van der Waals surface area contributed by atoms with E-state index in [4.69, 9.17) is 4.74 Å². The molecule has 0 spiro atoms. The molecule has 1 saturated heterocycles. The van der Waals surface area contributed by atoms with Crippen LogP contribution in [-0.2, 0) is 16.8 Å². The SMILES string of the molecule is c1ccc(C2CCCN(CCC3(c4ccccc4)COCc4ccccc43)CC2)cc1. The van der Waals surface area contributed by atoms with Crippen molar-refractivity contribution in [1.29, 1.82) is 0 Å². The molecule has 0 N–H and O–H groups in total. The van der Waals surface area contributed by atoms with Crippen LogP contribution in [0.2, 0.25) is 0 Å². The van der Waals surface area contributed by atoms with Gasteiger partial charge in [-0.3, -0.25) is 0 Å². The summed E-state index contributed by atoms with van der Waals surface area (Å²) in [4.78, 5) is 2.70. The Balaban J connectivity index is 1.35. The van der Waals surface area contributed by atoms with Gasteiger partial charge >= 0.3 is 0 Å². The predicted octanol–water partition coefficient (Wildman–Crippen LogP) is 6.16. The van der Waals surface area contributed by atoms with Gasteiger partial charge in [-0.25, -0.2) is 0 Å². The molecule has 2 heterocycles. The van der Waals surface area contributed by atoms with Crippen LogP contribution < -0.4 is 0 Å². The van der Waals surface area contributed by atoms with Gasteiger partial charge < -0.3 is 9.64 Å². The Hall–Kier alpha value is -2.42. The van der Waals surface area contributed by atoms with Gasteiger partial charge in [0.15, 0.2) is 0 Å². The minimum atomic E-state index is -0.0543. The Kier molecular flexibility index (Phi) is 6.20. The molecular weight excluding hydrogens is 378 g/mol. The summed E-state index contributed by atoms with van der Waals surface area (Å²) in [6.07, 6.45) is 4.95. The maximum absolute atomic E-state index is 6.19. The van der Waals surface area contributed by atoms with Crippen LogP contribution in [0.25, 0.3) is 0 Å². The van der Waals surface area contributed by atoms with Gasteiger partial charge in [0.1, 0.15) is 0 Å². The van der Waals surface area contributed by atoms with Crippen LogP contribution in [0.15, 0.2) is 84.9 Å². The summed E-state index contributed by atoms with van der Waals surface area (Å²) in [6.45, 7) is 5.01. The van der Waals surface area contributed by atoms with Crippen LogP contribution in [0.5, 0.6) is 0 Å². The lowest BCUT2D eigenvalue weighted by Gasteiger charge is -2.41. The molecule has 3 aromatic rings. The third kappa shape index (κ3) is 4.33. The number of benzene rings is 3. The summed E-state index contributed by atoms with van der Waals surface area (Å²) in [7, 11) is 0. The second-order valence-corrected chi connectivity index (χ2v) is 9.23. The smallest absolute Gasteiger partial charge is 0.0720 e. The first-order valence-electron chi connectivity index (χ1n) is 11.8. The monoisotopic (exact) mass is 411 g/mol. The number of rotatable bonds is 5. The number of nitrogens with zero attached hydrogens (tertiary/aromatic N) is 1. The van der Waals surface area contributed by atoms with Crippen molar-refractivity contribution in [2.75, 3.05) is 26.2 Å². The first-order valence-corrected chi connectivity index (χ1v) is 11.8. The normalized spacial score (nSPS) is 24.3. The van der Waals surface area contributed by atoms with Crippen molar-refractivity contribution in [2.45, 2.75) is 43.6 Å². The molecule has 5 rings (SSSR count). The maximum atomic E-state index is 6.19. The zero-order valence-corrected chi connectivity index (χ0v) is 18.4. The largest absolute Gasteiger partial charge is 0.375 e. The fourth-order valence-corrected chi connectivity index (χ4v) is 5.66. The summed E-state index contributed by atoms with van der Waals surface area (Å²) in [5, 5.41) is 0. The summed E-state index contributed by atoms with van der Waals surface area (Å²) < 4.78 is 6.19. The second kappa shape index (κ2) is 9.38. The van der Waals surface area contributed by atoms with Gasteiger partial charge in [0, 0.05) is 5.41 Å². The van der Waals surface area contributed by atoms with E-state index < -0.39 is 0 Å². The molecule has 31 heavy (non-hydrogen) atoms. The van der Waals surface area contributed by atoms with E-state index in [1.807, 2.05) is 0 Å².